The Morgan fingerprint density at radius 2 is 2.21 bits per heavy atom. The van der Waals surface area contributed by atoms with Crippen molar-refractivity contribution in [1.82, 2.24) is 9.80 Å². The molecule has 3 nitrogen and oxygen atoms in total. The van der Waals surface area contributed by atoms with E-state index in [2.05, 4.69) is 47.2 Å². The van der Waals surface area contributed by atoms with Gasteiger partial charge in [-0.2, -0.15) is 0 Å². The zero-order valence-electron chi connectivity index (χ0n) is 12.2. The first-order valence-electron chi connectivity index (χ1n) is 7.58. The molecule has 2 aliphatic heterocycles. The van der Waals surface area contributed by atoms with E-state index < -0.39 is 0 Å². The van der Waals surface area contributed by atoms with E-state index in [1.54, 1.807) is 0 Å². The van der Waals surface area contributed by atoms with E-state index in [0.29, 0.717) is 6.04 Å². The molecule has 1 atom stereocenters. The van der Waals surface area contributed by atoms with Crippen molar-refractivity contribution in [2.75, 3.05) is 38.0 Å². The minimum atomic E-state index is 0.686. The maximum atomic E-state index is 3.48. The maximum Gasteiger partial charge on any atom is 0.0376 e. The summed E-state index contributed by atoms with van der Waals surface area (Å²) in [6.45, 7) is 11.6. The molecule has 1 unspecified atom stereocenters. The molecule has 2 aliphatic rings. The van der Waals surface area contributed by atoms with Crippen LogP contribution in [0.1, 0.15) is 25.0 Å². The first-order chi connectivity index (χ1) is 9.26. The van der Waals surface area contributed by atoms with Gasteiger partial charge in [0, 0.05) is 44.5 Å². The van der Waals surface area contributed by atoms with Gasteiger partial charge in [0.2, 0.25) is 0 Å². The van der Waals surface area contributed by atoms with Crippen LogP contribution in [0.25, 0.3) is 0 Å². The molecule has 19 heavy (non-hydrogen) atoms. The van der Waals surface area contributed by atoms with Crippen molar-refractivity contribution >= 4 is 5.69 Å². The number of hydrogen-bond acceptors (Lipinski definition) is 3. The van der Waals surface area contributed by atoms with Crippen molar-refractivity contribution in [2.45, 2.75) is 32.9 Å². The van der Waals surface area contributed by atoms with Crippen molar-refractivity contribution in [2.24, 2.45) is 0 Å². The van der Waals surface area contributed by atoms with Gasteiger partial charge in [0.05, 0.1) is 0 Å². The van der Waals surface area contributed by atoms with Gasteiger partial charge in [0.15, 0.2) is 0 Å². The van der Waals surface area contributed by atoms with Crippen LogP contribution < -0.4 is 5.32 Å². The highest BCUT2D eigenvalue weighted by molar-refractivity contribution is 5.57. The van der Waals surface area contributed by atoms with Crippen LogP contribution >= 0.6 is 0 Å². The SMILES string of the molecule is CCN1CCN(Cc2ccc3c(c2)NCC3)CC1C. The molecule has 0 bridgehead atoms. The van der Waals surface area contributed by atoms with Gasteiger partial charge in [0.25, 0.3) is 0 Å². The molecule has 1 aromatic carbocycles. The van der Waals surface area contributed by atoms with Gasteiger partial charge in [-0.15, -0.1) is 0 Å². The highest BCUT2D eigenvalue weighted by Gasteiger charge is 2.22. The fourth-order valence-corrected chi connectivity index (χ4v) is 3.38. The number of fused-ring (bicyclic) bond motifs is 1. The van der Waals surface area contributed by atoms with Crippen LogP contribution in [0.2, 0.25) is 0 Å². The molecule has 3 rings (SSSR count). The van der Waals surface area contributed by atoms with Crippen LogP contribution in [0.4, 0.5) is 5.69 Å². The number of hydrogen-bond donors (Lipinski definition) is 1. The highest BCUT2D eigenvalue weighted by atomic mass is 15.3. The average molecular weight is 259 g/mol. The van der Waals surface area contributed by atoms with Crippen molar-refractivity contribution in [3.63, 3.8) is 0 Å². The van der Waals surface area contributed by atoms with E-state index in [1.807, 2.05) is 0 Å². The van der Waals surface area contributed by atoms with Crippen molar-refractivity contribution in [3.05, 3.63) is 29.3 Å². The van der Waals surface area contributed by atoms with Crippen molar-refractivity contribution in [1.29, 1.82) is 0 Å². The number of nitrogens with zero attached hydrogens (tertiary/aromatic N) is 2. The van der Waals surface area contributed by atoms with Gasteiger partial charge in [-0.3, -0.25) is 9.80 Å². The predicted molar refractivity (Wildman–Crippen MR) is 80.6 cm³/mol. The van der Waals surface area contributed by atoms with Gasteiger partial charge in [-0.1, -0.05) is 19.1 Å². The lowest BCUT2D eigenvalue weighted by atomic mass is 10.1. The van der Waals surface area contributed by atoms with E-state index in [4.69, 9.17) is 0 Å². The molecule has 1 aromatic rings. The second-order valence-electron chi connectivity index (χ2n) is 5.88. The summed E-state index contributed by atoms with van der Waals surface area (Å²) < 4.78 is 0. The minimum absolute atomic E-state index is 0.686. The van der Waals surface area contributed by atoms with Gasteiger partial charge < -0.3 is 5.32 Å². The summed E-state index contributed by atoms with van der Waals surface area (Å²) in [7, 11) is 0. The molecule has 0 saturated carbocycles. The highest BCUT2D eigenvalue weighted by Crippen LogP contribution is 2.24. The average Bonchev–Trinajstić information content (AvgIpc) is 2.86. The molecule has 2 heterocycles. The van der Waals surface area contributed by atoms with E-state index in [9.17, 15) is 0 Å². The fourth-order valence-electron chi connectivity index (χ4n) is 3.38. The van der Waals surface area contributed by atoms with Crippen molar-refractivity contribution < 1.29 is 0 Å². The lowest BCUT2D eigenvalue weighted by molar-refractivity contribution is 0.0834. The Labute approximate surface area is 116 Å². The monoisotopic (exact) mass is 259 g/mol. The summed E-state index contributed by atoms with van der Waals surface area (Å²) in [4.78, 5) is 5.16. The van der Waals surface area contributed by atoms with Crippen molar-refractivity contribution in [3.8, 4) is 0 Å². The van der Waals surface area contributed by atoms with Crippen LogP contribution in [0.5, 0.6) is 0 Å². The molecule has 0 aromatic heterocycles. The minimum Gasteiger partial charge on any atom is -0.384 e. The largest absolute Gasteiger partial charge is 0.384 e. The Bertz CT molecular complexity index is 444. The summed E-state index contributed by atoms with van der Waals surface area (Å²) in [6, 6.07) is 7.64. The molecular formula is C16H25N3. The number of likely N-dealkylation sites (N-methyl/N-ethyl adjacent to an activating group) is 1. The zero-order valence-corrected chi connectivity index (χ0v) is 12.2. The third kappa shape index (κ3) is 2.77. The zero-order chi connectivity index (χ0) is 13.2. The Balaban J connectivity index is 1.63. The summed E-state index contributed by atoms with van der Waals surface area (Å²) in [5, 5.41) is 3.48. The van der Waals surface area contributed by atoms with E-state index in [0.717, 1.165) is 13.1 Å². The Morgan fingerprint density at radius 3 is 3.00 bits per heavy atom. The molecule has 1 N–H and O–H groups in total. The Kier molecular flexibility index (Phi) is 3.76. The molecule has 0 radical (unpaired) electrons. The number of anilines is 1. The van der Waals surface area contributed by atoms with Crippen LogP contribution in [0.3, 0.4) is 0 Å². The van der Waals surface area contributed by atoms with E-state index in [-0.39, 0.29) is 0 Å². The normalized spacial score (nSPS) is 24.2. The van der Waals surface area contributed by atoms with Gasteiger partial charge in [0.1, 0.15) is 0 Å². The molecule has 0 spiro atoms. The second kappa shape index (κ2) is 5.51. The Hall–Kier alpha value is -1.06. The fraction of sp³-hybridized carbons (Fsp3) is 0.625. The molecule has 1 fully saturated rings. The van der Waals surface area contributed by atoms with Crippen LogP contribution in [0, 0.1) is 0 Å². The third-order valence-electron chi connectivity index (χ3n) is 4.55. The van der Waals surface area contributed by atoms with Gasteiger partial charge >= 0.3 is 0 Å². The molecule has 1 saturated heterocycles. The molecular weight excluding hydrogens is 234 g/mol. The number of benzene rings is 1. The Morgan fingerprint density at radius 1 is 1.32 bits per heavy atom. The molecule has 104 valence electrons. The van der Waals surface area contributed by atoms with Crippen LogP contribution in [-0.4, -0.2) is 48.6 Å². The summed E-state index contributed by atoms with van der Waals surface area (Å²) in [6.07, 6.45) is 1.18. The summed E-state index contributed by atoms with van der Waals surface area (Å²) >= 11 is 0. The summed E-state index contributed by atoms with van der Waals surface area (Å²) in [5.74, 6) is 0. The topological polar surface area (TPSA) is 18.5 Å². The molecule has 0 amide bonds. The first-order valence-corrected chi connectivity index (χ1v) is 7.58. The van der Waals surface area contributed by atoms with Gasteiger partial charge in [-0.25, -0.2) is 0 Å². The smallest absolute Gasteiger partial charge is 0.0376 e. The van der Waals surface area contributed by atoms with Gasteiger partial charge in [-0.05, 0) is 37.1 Å². The van der Waals surface area contributed by atoms with Crippen LogP contribution in [0.15, 0.2) is 18.2 Å². The maximum absolute atomic E-state index is 3.48. The number of piperazine rings is 1. The summed E-state index contributed by atoms with van der Waals surface area (Å²) in [5.41, 5.74) is 4.29. The standard InChI is InChI=1S/C16H25N3/c1-3-19-9-8-18(11-13(19)2)12-14-4-5-15-6-7-17-16(15)10-14/h4-5,10,13,17H,3,6-9,11-12H2,1-2H3. The van der Waals surface area contributed by atoms with E-state index >= 15 is 0 Å². The lowest BCUT2D eigenvalue weighted by Gasteiger charge is -2.39. The first kappa shape index (κ1) is 12.9. The van der Waals surface area contributed by atoms with Crippen LogP contribution in [-0.2, 0) is 13.0 Å². The third-order valence-corrected chi connectivity index (χ3v) is 4.55. The lowest BCUT2D eigenvalue weighted by Crippen LogP contribution is -2.51. The predicted octanol–water partition coefficient (Wildman–Crippen LogP) is 2.18. The quantitative estimate of drug-likeness (QED) is 0.897. The number of rotatable bonds is 3. The second-order valence-corrected chi connectivity index (χ2v) is 5.88. The molecule has 0 aliphatic carbocycles. The number of nitrogens with one attached hydrogen (secondary N) is 1. The molecule has 3 heteroatoms. The van der Waals surface area contributed by atoms with E-state index in [1.165, 1.54) is 49.4 Å².